The third-order valence-corrected chi connectivity index (χ3v) is 5.85. The van der Waals surface area contributed by atoms with E-state index < -0.39 is 10.0 Å². The van der Waals surface area contributed by atoms with E-state index in [2.05, 4.69) is 11.6 Å². The molecule has 2 rings (SSSR count). The van der Waals surface area contributed by atoms with Crippen LogP contribution >= 0.6 is 0 Å². The molecule has 0 bridgehead atoms. The quantitative estimate of drug-likeness (QED) is 0.848. The fraction of sp³-hybridized carbons (Fsp3) is 0.625. The standard InChI is InChI=1S/C16H25NO3S/c1-2-13-4-3-5-15(12-13)17-21(19,20)16-8-6-14(7-9-16)10-11-18/h6-9,13,15,17-18H,2-5,10-12H2,1H3. The molecule has 2 N–H and O–H groups in total. The summed E-state index contributed by atoms with van der Waals surface area (Å²) in [6.07, 6.45) is 5.85. The van der Waals surface area contributed by atoms with Crippen LogP contribution in [0.1, 0.15) is 44.6 Å². The van der Waals surface area contributed by atoms with Crippen LogP contribution in [0.5, 0.6) is 0 Å². The highest BCUT2D eigenvalue weighted by Gasteiger charge is 2.25. The molecule has 1 aromatic carbocycles. The van der Waals surface area contributed by atoms with Crippen molar-refractivity contribution in [2.24, 2.45) is 5.92 Å². The zero-order valence-electron chi connectivity index (χ0n) is 12.6. The number of hydrogen-bond donors (Lipinski definition) is 2. The third-order valence-electron chi connectivity index (χ3n) is 4.32. The number of aliphatic hydroxyl groups excluding tert-OH is 1. The van der Waals surface area contributed by atoms with E-state index in [9.17, 15) is 8.42 Å². The molecule has 118 valence electrons. The number of nitrogens with one attached hydrogen (secondary N) is 1. The maximum atomic E-state index is 12.4. The van der Waals surface area contributed by atoms with E-state index in [1.54, 1.807) is 24.3 Å². The van der Waals surface area contributed by atoms with Crippen molar-refractivity contribution >= 4 is 10.0 Å². The second-order valence-corrected chi connectivity index (χ2v) is 7.59. The number of benzene rings is 1. The van der Waals surface area contributed by atoms with Crippen LogP contribution in [0.25, 0.3) is 0 Å². The summed E-state index contributed by atoms with van der Waals surface area (Å²) in [4.78, 5) is 0.308. The second kappa shape index (κ2) is 7.38. The molecule has 1 aromatic rings. The van der Waals surface area contributed by atoms with Crippen molar-refractivity contribution in [3.63, 3.8) is 0 Å². The number of rotatable bonds is 6. The zero-order valence-corrected chi connectivity index (χ0v) is 13.4. The number of hydrogen-bond acceptors (Lipinski definition) is 3. The van der Waals surface area contributed by atoms with Crippen LogP contribution in [0.3, 0.4) is 0 Å². The molecular weight excluding hydrogens is 286 g/mol. The van der Waals surface area contributed by atoms with E-state index in [1.165, 1.54) is 6.42 Å². The smallest absolute Gasteiger partial charge is 0.240 e. The van der Waals surface area contributed by atoms with Gasteiger partial charge in [0.1, 0.15) is 0 Å². The van der Waals surface area contributed by atoms with Gasteiger partial charge in [0, 0.05) is 12.6 Å². The van der Waals surface area contributed by atoms with Crippen LogP contribution in [0.4, 0.5) is 0 Å². The molecule has 0 spiro atoms. The minimum absolute atomic E-state index is 0.0609. The zero-order chi connectivity index (χ0) is 15.3. The molecule has 0 aliphatic heterocycles. The first-order valence-electron chi connectivity index (χ1n) is 7.77. The Morgan fingerprint density at radius 1 is 1.24 bits per heavy atom. The average Bonchev–Trinajstić information content (AvgIpc) is 2.48. The van der Waals surface area contributed by atoms with Crippen LogP contribution in [0, 0.1) is 5.92 Å². The van der Waals surface area contributed by atoms with Crippen LogP contribution in [0.15, 0.2) is 29.2 Å². The normalized spacial score (nSPS) is 23.1. The topological polar surface area (TPSA) is 66.4 Å². The number of sulfonamides is 1. The molecule has 1 aliphatic carbocycles. The molecule has 1 aliphatic rings. The molecule has 1 fully saturated rings. The molecule has 0 amide bonds. The minimum Gasteiger partial charge on any atom is -0.396 e. The predicted molar refractivity (Wildman–Crippen MR) is 83.6 cm³/mol. The molecular formula is C16H25NO3S. The van der Waals surface area contributed by atoms with Gasteiger partial charge in [0.05, 0.1) is 4.90 Å². The molecule has 0 saturated heterocycles. The highest BCUT2D eigenvalue weighted by Crippen LogP contribution is 2.27. The van der Waals surface area contributed by atoms with Gasteiger partial charge in [0.2, 0.25) is 10.0 Å². The Morgan fingerprint density at radius 2 is 1.95 bits per heavy atom. The third kappa shape index (κ3) is 4.53. The first-order valence-corrected chi connectivity index (χ1v) is 9.25. The van der Waals surface area contributed by atoms with Gasteiger partial charge in [-0.15, -0.1) is 0 Å². The highest BCUT2D eigenvalue weighted by molar-refractivity contribution is 7.89. The van der Waals surface area contributed by atoms with Gasteiger partial charge in [0.15, 0.2) is 0 Å². The lowest BCUT2D eigenvalue weighted by Crippen LogP contribution is -2.38. The van der Waals surface area contributed by atoms with Gasteiger partial charge in [0.25, 0.3) is 0 Å². The van der Waals surface area contributed by atoms with Crippen LogP contribution in [0.2, 0.25) is 0 Å². The van der Waals surface area contributed by atoms with E-state index in [0.717, 1.165) is 31.2 Å². The van der Waals surface area contributed by atoms with Gasteiger partial charge >= 0.3 is 0 Å². The molecule has 4 nitrogen and oxygen atoms in total. The second-order valence-electron chi connectivity index (χ2n) is 5.88. The van der Waals surface area contributed by atoms with Gasteiger partial charge in [-0.1, -0.05) is 38.3 Å². The first kappa shape index (κ1) is 16.5. The molecule has 1 saturated carbocycles. The summed E-state index contributed by atoms with van der Waals surface area (Å²) in [5.74, 6) is 0.637. The summed E-state index contributed by atoms with van der Waals surface area (Å²) in [6.45, 7) is 2.24. The largest absolute Gasteiger partial charge is 0.396 e. The first-order chi connectivity index (χ1) is 10.0. The van der Waals surface area contributed by atoms with Crippen molar-refractivity contribution in [1.29, 1.82) is 0 Å². The van der Waals surface area contributed by atoms with Crippen molar-refractivity contribution in [1.82, 2.24) is 4.72 Å². The molecule has 0 radical (unpaired) electrons. The summed E-state index contributed by atoms with van der Waals surface area (Å²) in [5, 5.41) is 8.88. The summed E-state index contributed by atoms with van der Waals surface area (Å²) in [5.41, 5.74) is 0.945. The summed E-state index contributed by atoms with van der Waals surface area (Å²) in [6, 6.07) is 6.83. The maximum Gasteiger partial charge on any atom is 0.240 e. The SMILES string of the molecule is CCC1CCCC(NS(=O)(=O)c2ccc(CCO)cc2)C1. The van der Waals surface area contributed by atoms with Crippen LogP contribution in [-0.4, -0.2) is 26.2 Å². The monoisotopic (exact) mass is 311 g/mol. The summed E-state index contributed by atoms with van der Waals surface area (Å²) >= 11 is 0. The van der Waals surface area contributed by atoms with Gasteiger partial charge < -0.3 is 5.11 Å². The van der Waals surface area contributed by atoms with Crippen molar-refractivity contribution in [2.45, 2.75) is 56.4 Å². The fourth-order valence-corrected chi connectivity index (χ4v) is 4.30. The molecule has 5 heteroatoms. The Kier molecular flexibility index (Phi) is 5.79. The van der Waals surface area contributed by atoms with E-state index in [0.29, 0.717) is 17.2 Å². The van der Waals surface area contributed by atoms with Crippen molar-refractivity contribution in [3.05, 3.63) is 29.8 Å². The molecule has 2 unspecified atom stereocenters. The molecule has 21 heavy (non-hydrogen) atoms. The van der Waals surface area contributed by atoms with Crippen molar-refractivity contribution < 1.29 is 13.5 Å². The van der Waals surface area contributed by atoms with Gasteiger partial charge in [-0.3, -0.25) is 0 Å². The lowest BCUT2D eigenvalue weighted by atomic mass is 9.85. The Balaban J connectivity index is 2.03. The summed E-state index contributed by atoms with van der Waals surface area (Å²) < 4.78 is 27.7. The minimum atomic E-state index is -3.44. The Hall–Kier alpha value is -0.910. The Bertz CT molecular complexity index is 539. The van der Waals surface area contributed by atoms with Crippen LogP contribution in [-0.2, 0) is 16.4 Å². The van der Waals surface area contributed by atoms with Gasteiger partial charge in [-0.05, 0) is 42.9 Å². The Labute approximate surface area is 127 Å². The molecule has 2 atom stereocenters. The lowest BCUT2D eigenvalue weighted by Gasteiger charge is -2.28. The van der Waals surface area contributed by atoms with E-state index in [4.69, 9.17) is 5.11 Å². The highest BCUT2D eigenvalue weighted by atomic mass is 32.2. The van der Waals surface area contributed by atoms with Crippen molar-refractivity contribution in [2.75, 3.05) is 6.61 Å². The van der Waals surface area contributed by atoms with Gasteiger partial charge in [-0.25, -0.2) is 13.1 Å². The van der Waals surface area contributed by atoms with E-state index in [-0.39, 0.29) is 12.6 Å². The van der Waals surface area contributed by atoms with E-state index >= 15 is 0 Å². The fourth-order valence-electron chi connectivity index (χ4n) is 3.02. The van der Waals surface area contributed by atoms with E-state index in [1.807, 2.05) is 0 Å². The predicted octanol–water partition coefficient (Wildman–Crippen LogP) is 2.47. The lowest BCUT2D eigenvalue weighted by molar-refractivity contribution is 0.299. The van der Waals surface area contributed by atoms with Crippen LogP contribution < -0.4 is 4.72 Å². The van der Waals surface area contributed by atoms with Crippen molar-refractivity contribution in [3.8, 4) is 0 Å². The molecule has 0 heterocycles. The number of aliphatic hydroxyl groups is 1. The summed E-state index contributed by atoms with van der Waals surface area (Å²) in [7, 11) is -3.44. The maximum absolute atomic E-state index is 12.4. The Morgan fingerprint density at radius 3 is 2.57 bits per heavy atom. The molecule has 0 aromatic heterocycles. The van der Waals surface area contributed by atoms with Gasteiger partial charge in [-0.2, -0.15) is 0 Å². The average molecular weight is 311 g/mol.